The Balaban J connectivity index is 1.18. The molecule has 1 fully saturated rings. The van der Waals surface area contributed by atoms with Gasteiger partial charge in [0.2, 0.25) is 0 Å². The number of hydrogen-bond donors (Lipinski definition) is 2. The van der Waals surface area contributed by atoms with Crippen LogP contribution in [0.4, 0.5) is 22.0 Å². The molecule has 5 rings (SSSR count). The van der Waals surface area contributed by atoms with E-state index >= 15 is 0 Å². The van der Waals surface area contributed by atoms with Gasteiger partial charge >= 0.3 is 6.03 Å². The summed E-state index contributed by atoms with van der Waals surface area (Å²) < 4.78 is 1.78. The average Bonchev–Trinajstić information content (AvgIpc) is 3.43. The van der Waals surface area contributed by atoms with Crippen molar-refractivity contribution in [1.82, 2.24) is 19.6 Å². The zero-order valence-electron chi connectivity index (χ0n) is 27.5. The molecule has 1 saturated heterocycles. The molecule has 3 aromatic carbocycles. The van der Waals surface area contributed by atoms with Crippen LogP contribution in [0.3, 0.4) is 0 Å². The maximum atomic E-state index is 13.2. The second-order valence-electron chi connectivity index (χ2n) is 13.2. The van der Waals surface area contributed by atoms with Gasteiger partial charge in [-0.25, -0.2) is 9.48 Å². The first kappa shape index (κ1) is 31.8. The third kappa shape index (κ3) is 7.72. The lowest BCUT2D eigenvalue weighted by atomic mass is 9.92. The van der Waals surface area contributed by atoms with Gasteiger partial charge in [0.1, 0.15) is 5.82 Å². The van der Waals surface area contributed by atoms with Gasteiger partial charge < -0.3 is 15.1 Å². The number of aryl methyl sites for hydroxylation is 2. The molecule has 0 unspecified atom stereocenters. The van der Waals surface area contributed by atoms with Gasteiger partial charge in [-0.05, 0) is 67.4 Å². The van der Waals surface area contributed by atoms with Crippen molar-refractivity contribution in [2.75, 3.05) is 55.8 Å². The number of rotatable bonds is 7. The maximum absolute atomic E-state index is 13.2. The summed E-state index contributed by atoms with van der Waals surface area (Å²) in [6.45, 7) is 14.2. The van der Waals surface area contributed by atoms with E-state index in [1.54, 1.807) is 4.68 Å². The molecular formula is C36H45N7O2. The fraction of sp³-hybridized carbons (Fsp3) is 0.361. The molecule has 1 aliphatic rings. The highest BCUT2D eigenvalue weighted by atomic mass is 16.2. The van der Waals surface area contributed by atoms with E-state index in [0.29, 0.717) is 18.9 Å². The molecule has 0 bridgehead atoms. The minimum Gasteiger partial charge on any atom is -0.378 e. The van der Waals surface area contributed by atoms with Gasteiger partial charge in [0.25, 0.3) is 5.91 Å². The highest BCUT2D eigenvalue weighted by molar-refractivity contribution is 6.00. The zero-order valence-corrected chi connectivity index (χ0v) is 27.5. The van der Waals surface area contributed by atoms with E-state index in [-0.39, 0.29) is 17.4 Å². The number of aromatic nitrogens is 2. The second kappa shape index (κ2) is 13.2. The van der Waals surface area contributed by atoms with Gasteiger partial charge in [-0.3, -0.25) is 15.0 Å². The van der Waals surface area contributed by atoms with E-state index < -0.39 is 0 Å². The van der Waals surface area contributed by atoms with Crippen molar-refractivity contribution in [3.63, 3.8) is 0 Å². The lowest BCUT2D eigenvalue weighted by Crippen LogP contribution is -2.48. The largest absolute Gasteiger partial charge is 0.378 e. The molecule has 0 atom stereocenters. The van der Waals surface area contributed by atoms with Gasteiger partial charge in [-0.2, -0.15) is 5.10 Å². The number of benzene rings is 3. The van der Waals surface area contributed by atoms with Crippen LogP contribution in [0.5, 0.6) is 0 Å². The van der Waals surface area contributed by atoms with Gasteiger partial charge in [0, 0.05) is 75.2 Å². The Kier molecular flexibility index (Phi) is 9.29. The molecule has 0 saturated carbocycles. The third-order valence-corrected chi connectivity index (χ3v) is 8.23. The van der Waals surface area contributed by atoms with Crippen LogP contribution in [-0.4, -0.2) is 71.8 Å². The predicted octanol–water partition coefficient (Wildman–Crippen LogP) is 6.45. The normalized spacial score (nSPS) is 13.9. The minimum atomic E-state index is -0.322. The van der Waals surface area contributed by atoms with Crippen LogP contribution in [0.2, 0.25) is 0 Å². The van der Waals surface area contributed by atoms with Crippen LogP contribution in [0.15, 0.2) is 72.8 Å². The van der Waals surface area contributed by atoms with Gasteiger partial charge in [-0.15, -0.1) is 0 Å². The molecule has 0 spiro atoms. The number of amides is 3. The molecule has 1 aliphatic heterocycles. The van der Waals surface area contributed by atoms with Gasteiger partial charge in [-0.1, -0.05) is 50.6 Å². The lowest BCUT2D eigenvalue weighted by molar-refractivity contribution is 0.0628. The van der Waals surface area contributed by atoms with E-state index in [1.807, 2.05) is 98.4 Å². The lowest BCUT2D eigenvalue weighted by Gasteiger charge is -2.35. The minimum absolute atomic E-state index is 0.0843. The zero-order chi connectivity index (χ0) is 32.3. The number of carbonyl (C=O) groups excluding carboxylic acids is 2. The fourth-order valence-corrected chi connectivity index (χ4v) is 5.41. The topological polar surface area (TPSA) is 85.7 Å². The van der Waals surface area contributed by atoms with Crippen molar-refractivity contribution < 1.29 is 9.59 Å². The summed E-state index contributed by atoms with van der Waals surface area (Å²) in [6, 6.07) is 23.6. The highest BCUT2D eigenvalue weighted by Crippen LogP contribution is 2.27. The molecule has 0 aliphatic carbocycles. The van der Waals surface area contributed by atoms with E-state index in [1.165, 1.54) is 5.56 Å². The van der Waals surface area contributed by atoms with Gasteiger partial charge in [0.05, 0.1) is 11.4 Å². The van der Waals surface area contributed by atoms with Crippen LogP contribution in [0.25, 0.3) is 5.69 Å². The summed E-state index contributed by atoms with van der Waals surface area (Å²) in [5.74, 6) is 0.694. The third-order valence-electron chi connectivity index (χ3n) is 8.23. The molecule has 2 N–H and O–H groups in total. The summed E-state index contributed by atoms with van der Waals surface area (Å²) >= 11 is 0. The first-order chi connectivity index (χ1) is 21.4. The summed E-state index contributed by atoms with van der Waals surface area (Å²) in [4.78, 5) is 32.5. The van der Waals surface area contributed by atoms with Crippen LogP contribution < -0.4 is 15.5 Å². The number of piperazine rings is 1. The van der Waals surface area contributed by atoms with Gasteiger partial charge in [0.15, 0.2) is 0 Å². The monoisotopic (exact) mass is 607 g/mol. The van der Waals surface area contributed by atoms with Crippen LogP contribution in [0, 0.1) is 13.8 Å². The van der Waals surface area contributed by atoms with Crippen LogP contribution >= 0.6 is 0 Å². The Morgan fingerprint density at radius 2 is 1.51 bits per heavy atom. The molecule has 0 radical (unpaired) electrons. The van der Waals surface area contributed by atoms with Crippen molar-refractivity contribution in [2.24, 2.45) is 0 Å². The first-order valence-corrected chi connectivity index (χ1v) is 15.5. The summed E-state index contributed by atoms with van der Waals surface area (Å²) in [5, 5.41) is 10.8. The molecule has 4 aromatic rings. The Bertz CT molecular complexity index is 1640. The second-order valence-corrected chi connectivity index (χ2v) is 13.2. The van der Waals surface area contributed by atoms with Crippen molar-refractivity contribution in [3.8, 4) is 5.69 Å². The molecule has 3 amide bonds. The van der Waals surface area contributed by atoms with Crippen molar-refractivity contribution in [2.45, 2.75) is 46.6 Å². The van der Waals surface area contributed by atoms with Crippen molar-refractivity contribution in [3.05, 3.63) is 101 Å². The summed E-state index contributed by atoms with van der Waals surface area (Å²) in [6.07, 6.45) is 0. The average molecular weight is 608 g/mol. The molecule has 1 aromatic heterocycles. The van der Waals surface area contributed by atoms with Crippen LogP contribution in [0.1, 0.15) is 53.5 Å². The Morgan fingerprint density at radius 1 is 0.844 bits per heavy atom. The smallest absolute Gasteiger partial charge is 0.324 e. The Hall–Kier alpha value is -4.63. The van der Waals surface area contributed by atoms with Crippen molar-refractivity contribution >= 4 is 29.1 Å². The molecular weight excluding hydrogens is 562 g/mol. The molecule has 9 heteroatoms. The van der Waals surface area contributed by atoms with Crippen molar-refractivity contribution in [1.29, 1.82) is 0 Å². The summed E-state index contributed by atoms with van der Waals surface area (Å²) in [5.41, 5.74) is 7.48. The van der Waals surface area contributed by atoms with E-state index in [0.717, 1.165) is 59.1 Å². The number of anilines is 3. The number of hydrogen-bond acceptors (Lipinski definition) is 5. The Morgan fingerprint density at radius 3 is 2.11 bits per heavy atom. The summed E-state index contributed by atoms with van der Waals surface area (Å²) in [7, 11) is 3.98. The Labute approximate surface area is 266 Å². The molecule has 236 valence electrons. The molecule has 2 heterocycles. The molecule has 9 nitrogen and oxygen atoms in total. The predicted molar refractivity (Wildman–Crippen MR) is 183 cm³/mol. The fourth-order valence-electron chi connectivity index (χ4n) is 5.41. The quantitative estimate of drug-likeness (QED) is 0.252. The van der Waals surface area contributed by atoms with Crippen LogP contribution in [-0.2, 0) is 12.0 Å². The number of nitrogens with zero attached hydrogens (tertiary/aromatic N) is 5. The number of carbonyl (C=O) groups is 2. The molecule has 45 heavy (non-hydrogen) atoms. The van der Waals surface area contributed by atoms with E-state index in [2.05, 4.69) is 48.4 Å². The maximum Gasteiger partial charge on any atom is 0.324 e. The van der Waals surface area contributed by atoms with E-state index in [9.17, 15) is 9.59 Å². The SMILES string of the molecule is Cc1ccc(-n2nc(C(C)(C)C)cc2NC(=O)Nc2ccc(CN3CCN(C(=O)c4ccc(N(C)C)cc4)CC3)cc2C)cc1. The highest BCUT2D eigenvalue weighted by Gasteiger charge is 2.23. The number of urea groups is 1. The van der Waals surface area contributed by atoms with E-state index in [4.69, 9.17) is 5.10 Å². The first-order valence-electron chi connectivity index (χ1n) is 15.5. The standard InChI is InChI=1S/C36H45N7O2/c1-25-8-13-30(14-9-25)43-33(23-32(39-43)36(3,4)5)38-35(45)37-31-17-10-27(22-26(31)2)24-41-18-20-42(21-19-41)34(44)28-11-15-29(16-12-28)40(6)7/h8-17,22-23H,18-21,24H2,1-7H3,(H2,37,38,45). The number of nitrogens with one attached hydrogen (secondary N) is 2.